The lowest BCUT2D eigenvalue weighted by Crippen LogP contribution is -2.34. The Labute approximate surface area is 148 Å². The molecular formula is C20H25FN2O2. The minimum Gasteiger partial charge on any atom is -0.348 e. The Kier molecular flexibility index (Phi) is 5.77. The van der Waals surface area contributed by atoms with Crippen LogP contribution in [0.5, 0.6) is 0 Å². The monoisotopic (exact) mass is 344 g/mol. The Bertz CT molecular complexity index is 791. The molecule has 25 heavy (non-hydrogen) atoms. The lowest BCUT2D eigenvalue weighted by atomic mass is 10.1. The number of Topliss-reactive ketones (excluding diaryl/α,β-unsaturated/α-hetero) is 1. The fourth-order valence-electron chi connectivity index (χ4n) is 3.07. The molecule has 0 aliphatic carbocycles. The smallest absolute Gasteiger partial charge is 0.268 e. The van der Waals surface area contributed by atoms with E-state index in [4.69, 9.17) is 0 Å². The van der Waals surface area contributed by atoms with Crippen LogP contribution in [-0.4, -0.2) is 22.3 Å². The van der Waals surface area contributed by atoms with Gasteiger partial charge in [-0.2, -0.15) is 0 Å². The molecule has 1 amide bonds. The molecule has 0 radical (unpaired) electrons. The zero-order valence-corrected chi connectivity index (χ0v) is 15.4. The van der Waals surface area contributed by atoms with Crippen molar-refractivity contribution in [3.63, 3.8) is 0 Å². The molecule has 1 N–H and O–H groups in total. The van der Waals surface area contributed by atoms with Crippen LogP contribution in [0.4, 0.5) is 4.39 Å². The first-order chi connectivity index (χ1) is 11.8. The largest absolute Gasteiger partial charge is 0.348 e. The molecule has 1 aromatic carbocycles. The second-order valence-electron chi connectivity index (χ2n) is 6.49. The highest BCUT2D eigenvalue weighted by molar-refractivity contribution is 6.03. The molecule has 4 nitrogen and oxygen atoms in total. The lowest BCUT2D eigenvalue weighted by Gasteiger charge is -2.15. The van der Waals surface area contributed by atoms with Crippen molar-refractivity contribution in [1.82, 2.24) is 9.88 Å². The molecule has 5 heteroatoms. The number of nitrogens with zero attached hydrogens (tertiary/aromatic N) is 1. The molecular weight excluding hydrogens is 319 g/mol. The highest BCUT2D eigenvalue weighted by atomic mass is 19.1. The first kappa shape index (κ1) is 18.9. The maximum atomic E-state index is 13.2. The number of rotatable bonds is 6. The van der Waals surface area contributed by atoms with Gasteiger partial charge in [-0.3, -0.25) is 9.59 Å². The zero-order valence-electron chi connectivity index (χ0n) is 15.4. The molecule has 1 unspecified atom stereocenters. The van der Waals surface area contributed by atoms with Gasteiger partial charge in [-0.1, -0.05) is 19.1 Å². The van der Waals surface area contributed by atoms with E-state index >= 15 is 0 Å². The van der Waals surface area contributed by atoms with Crippen LogP contribution >= 0.6 is 0 Å². The average Bonchev–Trinajstić information content (AvgIpc) is 2.79. The molecule has 1 heterocycles. The van der Waals surface area contributed by atoms with Crippen molar-refractivity contribution in [2.75, 3.05) is 0 Å². The SMILES string of the molecule is CCC(C)NC(=O)c1c(C)c(C(C)=O)c(C)n1Cc1ccc(F)cc1. The van der Waals surface area contributed by atoms with Crippen LogP contribution in [0.1, 0.15) is 64.9 Å². The maximum Gasteiger partial charge on any atom is 0.268 e. The van der Waals surface area contributed by atoms with Crippen LogP contribution in [-0.2, 0) is 6.54 Å². The summed E-state index contributed by atoms with van der Waals surface area (Å²) in [5, 5.41) is 2.97. The summed E-state index contributed by atoms with van der Waals surface area (Å²) < 4.78 is 15.0. The van der Waals surface area contributed by atoms with Gasteiger partial charge >= 0.3 is 0 Å². The second kappa shape index (κ2) is 7.64. The number of benzene rings is 1. The van der Waals surface area contributed by atoms with Gasteiger partial charge in [-0.05, 0) is 57.4 Å². The van der Waals surface area contributed by atoms with E-state index in [1.807, 2.05) is 25.3 Å². The number of carbonyl (C=O) groups excluding carboxylic acids is 2. The average molecular weight is 344 g/mol. The third kappa shape index (κ3) is 3.98. The van der Waals surface area contributed by atoms with Crippen LogP contribution in [0.15, 0.2) is 24.3 Å². The number of carbonyl (C=O) groups is 2. The van der Waals surface area contributed by atoms with Gasteiger partial charge in [0.1, 0.15) is 11.5 Å². The Balaban J connectivity index is 2.52. The summed E-state index contributed by atoms with van der Waals surface area (Å²) in [6, 6.07) is 6.21. The molecule has 2 aromatic rings. The number of hydrogen-bond acceptors (Lipinski definition) is 2. The van der Waals surface area contributed by atoms with E-state index in [-0.39, 0.29) is 23.5 Å². The van der Waals surface area contributed by atoms with Gasteiger partial charge in [0.2, 0.25) is 0 Å². The van der Waals surface area contributed by atoms with E-state index in [2.05, 4.69) is 5.32 Å². The van der Waals surface area contributed by atoms with Crippen molar-refractivity contribution >= 4 is 11.7 Å². The third-order valence-corrected chi connectivity index (χ3v) is 4.58. The summed E-state index contributed by atoms with van der Waals surface area (Å²) in [4.78, 5) is 24.8. The number of aromatic nitrogens is 1. The van der Waals surface area contributed by atoms with Gasteiger partial charge in [0.05, 0.1) is 0 Å². The van der Waals surface area contributed by atoms with E-state index < -0.39 is 0 Å². The van der Waals surface area contributed by atoms with Crippen molar-refractivity contribution in [1.29, 1.82) is 0 Å². The van der Waals surface area contributed by atoms with Crippen molar-refractivity contribution < 1.29 is 14.0 Å². The topological polar surface area (TPSA) is 51.1 Å². The van der Waals surface area contributed by atoms with Crippen molar-refractivity contribution in [2.24, 2.45) is 0 Å². The summed E-state index contributed by atoms with van der Waals surface area (Å²) >= 11 is 0. The fourth-order valence-corrected chi connectivity index (χ4v) is 3.07. The van der Waals surface area contributed by atoms with Crippen molar-refractivity contribution in [2.45, 2.75) is 53.6 Å². The molecule has 0 bridgehead atoms. The van der Waals surface area contributed by atoms with Gasteiger partial charge in [0.15, 0.2) is 5.78 Å². The molecule has 0 fully saturated rings. The number of halogens is 1. The number of hydrogen-bond donors (Lipinski definition) is 1. The van der Waals surface area contributed by atoms with E-state index in [0.29, 0.717) is 23.4 Å². The molecule has 1 atom stereocenters. The zero-order chi connectivity index (χ0) is 18.7. The minimum absolute atomic E-state index is 0.0437. The number of amides is 1. The predicted molar refractivity (Wildman–Crippen MR) is 96.6 cm³/mol. The summed E-state index contributed by atoms with van der Waals surface area (Å²) in [5.74, 6) is -0.557. The number of ketones is 1. The Morgan fingerprint density at radius 1 is 1.20 bits per heavy atom. The number of nitrogens with one attached hydrogen (secondary N) is 1. The normalized spacial score (nSPS) is 12.1. The molecule has 0 aliphatic rings. The summed E-state index contributed by atoms with van der Waals surface area (Å²) in [6.07, 6.45) is 0.821. The molecule has 0 aliphatic heterocycles. The van der Waals surface area contributed by atoms with Crippen molar-refractivity contribution in [3.05, 3.63) is 58.2 Å². The maximum absolute atomic E-state index is 13.2. The van der Waals surface area contributed by atoms with Gasteiger partial charge in [0.25, 0.3) is 5.91 Å². The van der Waals surface area contributed by atoms with E-state index in [0.717, 1.165) is 17.7 Å². The second-order valence-corrected chi connectivity index (χ2v) is 6.49. The minimum atomic E-state index is -0.302. The molecule has 134 valence electrons. The van der Waals surface area contributed by atoms with Gasteiger partial charge in [-0.25, -0.2) is 4.39 Å². The van der Waals surface area contributed by atoms with Gasteiger partial charge in [0, 0.05) is 23.8 Å². The highest BCUT2D eigenvalue weighted by Crippen LogP contribution is 2.24. The molecule has 0 saturated heterocycles. The van der Waals surface area contributed by atoms with E-state index in [1.54, 1.807) is 19.1 Å². The lowest BCUT2D eigenvalue weighted by molar-refractivity contribution is 0.0929. The van der Waals surface area contributed by atoms with Gasteiger partial charge in [-0.15, -0.1) is 0 Å². The third-order valence-electron chi connectivity index (χ3n) is 4.58. The molecule has 2 rings (SSSR count). The summed E-state index contributed by atoms with van der Waals surface area (Å²) in [7, 11) is 0. The predicted octanol–water partition coefficient (Wildman–Crippen LogP) is 4.02. The summed E-state index contributed by atoms with van der Waals surface area (Å²) in [5.41, 5.74) is 3.38. The van der Waals surface area contributed by atoms with Crippen LogP contribution < -0.4 is 5.32 Å². The standard InChI is InChI=1S/C20H25FN2O2/c1-6-12(2)22-20(25)19-13(3)18(15(5)24)14(4)23(19)11-16-7-9-17(21)10-8-16/h7-10,12H,6,11H2,1-5H3,(H,22,25). The van der Waals surface area contributed by atoms with E-state index in [1.165, 1.54) is 19.1 Å². The van der Waals surface area contributed by atoms with Crippen LogP contribution in [0.25, 0.3) is 0 Å². The van der Waals surface area contributed by atoms with Crippen LogP contribution in [0, 0.1) is 19.7 Å². The molecule has 0 saturated carbocycles. The van der Waals surface area contributed by atoms with Gasteiger partial charge < -0.3 is 9.88 Å². The first-order valence-electron chi connectivity index (χ1n) is 8.52. The highest BCUT2D eigenvalue weighted by Gasteiger charge is 2.25. The molecule has 1 aromatic heterocycles. The van der Waals surface area contributed by atoms with Crippen LogP contribution in [0.2, 0.25) is 0 Å². The van der Waals surface area contributed by atoms with Crippen LogP contribution in [0.3, 0.4) is 0 Å². The molecule has 0 spiro atoms. The van der Waals surface area contributed by atoms with E-state index in [9.17, 15) is 14.0 Å². The Morgan fingerprint density at radius 3 is 2.32 bits per heavy atom. The Morgan fingerprint density at radius 2 is 1.80 bits per heavy atom. The quantitative estimate of drug-likeness (QED) is 0.805. The fraction of sp³-hybridized carbons (Fsp3) is 0.400. The van der Waals surface area contributed by atoms with Crippen molar-refractivity contribution in [3.8, 4) is 0 Å². The summed E-state index contributed by atoms with van der Waals surface area (Å²) in [6.45, 7) is 9.50. The Hall–Kier alpha value is -2.43. The first-order valence-corrected chi connectivity index (χ1v) is 8.52.